The molecule has 1 aromatic rings. The smallest absolute Gasteiger partial charge is 0.138 e. The molecule has 0 radical (unpaired) electrons. The molecule has 0 amide bonds. The molecule has 0 spiro atoms. The lowest BCUT2D eigenvalue weighted by atomic mass is 10.1. The number of quaternary nitrogens is 1. The summed E-state index contributed by atoms with van der Waals surface area (Å²) in [6.45, 7) is 4.73. The van der Waals surface area contributed by atoms with Crippen LogP contribution in [0.25, 0.3) is 0 Å². The lowest BCUT2D eigenvalue weighted by Gasteiger charge is -2.12. The van der Waals surface area contributed by atoms with Gasteiger partial charge < -0.3 is 21.3 Å². The second kappa shape index (κ2) is 5.00. The molecule has 1 atom stereocenters. The zero-order chi connectivity index (χ0) is 11.4. The summed E-state index contributed by atoms with van der Waals surface area (Å²) >= 11 is 0. The molecule has 15 heavy (non-hydrogen) atoms. The molecule has 0 fully saturated rings. The number of phenolic OH excluding ortho intramolecular Hbond substituents is 1. The van der Waals surface area contributed by atoms with Crippen molar-refractivity contribution >= 4 is 5.69 Å². The van der Waals surface area contributed by atoms with Crippen LogP contribution in [0.4, 0.5) is 5.69 Å². The molecule has 0 bridgehead atoms. The van der Waals surface area contributed by atoms with E-state index in [1.165, 1.54) is 6.07 Å². The average molecular weight is 211 g/mol. The number of aliphatic hydroxyl groups is 1. The molecule has 1 aromatic carbocycles. The molecule has 1 unspecified atom stereocenters. The number of hydrogen-bond acceptors (Lipinski definition) is 3. The van der Waals surface area contributed by atoms with E-state index < -0.39 is 6.10 Å². The van der Waals surface area contributed by atoms with E-state index in [-0.39, 0.29) is 5.75 Å². The number of aromatic hydroxyl groups is 1. The van der Waals surface area contributed by atoms with Gasteiger partial charge in [0, 0.05) is 0 Å². The Labute approximate surface area is 89.7 Å². The van der Waals surface area contributed by atoms with Gasteiger partial charge in [-0.3, -0.25) is 0 Å². The largest absolute Gasteiger partial charge is 0.506 e. The Morgan fingerprint density at radius 2 is 2.07 bits per heavy atom. The lowest BCUT2D eigenvalue weighted by Crippen LogP contribution is -2.89. The van der Waals surface area contributed by atoms with Crippen molar-refractivity contribution in [3.63, 3.8) is 0 Å². The maximum atomic E-state index is 9.82. The van der Waals surface area contributed by atoms with Gasteiger partial charge in [0.2, 0.25) is 0 Å². The Morgan fingerprint density at radius 1 is 1.40 bits per heavy atom. The van der Waals surface area contributed by atoms with Crippen molar-refractivity contribution in [2.75, 3.05) is 12.3 Å². The molecular formula is C11H19N2O2+. The molecule has 0 aliphatic rings. The van der Waals surface area contributed by atoms with Crippen LogP contribution in [0.2, 0.25) is 0 Å². The highest BCUT2D eigenvalue weighted by molar-refractivity contribution is 5.53. The lowest BCUT2D eigenvalue weighted by molar-refractivity contribution is -0.689. The number of rotatable bonds is 4. The van der Waals surface area contributed by atoms with E-state index in [9.17, 15) is 10.2 Å². The second-order valence-corrected chi connectivity index (χ2v) is 4.05. The van der Waals surface area contributed by atoms with E-state index in [1.807, 2.05) is 5.32 Å². The molecule has 0 saturated carbocycles. The molecule has 0 aliphatic carbocycles. The van der Waals surface area contributed by atoms with Crippen LogP contribution in [-0.4, -0.2) is 22.8 Å². The molecule has 6 N–H and O–H groups in total. The number of hydrogen-bond donors (Lipinski definition) is 4. The van der Waals surface area contributed by atoms with Crippen LogP contribution in [0.3, 0.4) is 0 Å². The predicted octanol–water partition coefficient (Wildman–Crippen LogP) is -0.0204. The van der Waals surface area contributed by atoms with Gasteiger partial charge in [0.1, 0.15) is 18.4 Å². The van der Waals surface area contributed by atoms with Crippen molar-refractivity contribution in [1.82, 2.24) is 0 Å². The van der Waals surface area contributed by atoms with E-state index in [0.29, 0.717) is 18.3 Å². The van der Waals surface area contributed by atoms with Gasteiger partial charge in [-0.2, -0.15) is 0 Å². The van der Waals surface area contributed by atoms with Crippen LogP contribution >= 0.6 is 0 Å². The van der Waals surface area contributed by atoms with Gasteiger partial charge in [-0.1, -0.05) is 6.07 Å². The number of benzene rings is 1. The van der Waals surface area contributed by atoms with Crippen molar-refractivity contribution in [2.45, 2.75) is 26.0 Å². The van der Waals surface area contributed by atoms with Crippen LogP contribution in [0.5, 0.6) is 5.75 Å². The molecule has 1 rings (SSSR count). The van der Waals surface area contributed by atoms with Gasteiger partial charge in [0.25, 0.3) is 0 Å². The van der Waals surface area contributed by atoms with Gasteiger partial charge in [-0.05, 0) is 31.5 Å². The highest BCUT2D eigenvalue weighted by atomic mass is 16.3. The summed E-state index contributed by atoms with van der Waals surface area (Å²) in [5.74, 6) is 0.0544. The third-order valence-corrected chi connectivity index (χ3v) is 2.27. The Kier molecular flexibility index (Phi) is 3.94. The Bertz CT molecular complexity index is 326. The summed E-state index contributed by atoms with van der Waals surface area (Å²) in [6.07, 6.45) is -0.546. The summed E-state index contributed by atoms with van der Waals surface area (Å²) in [7, 11) is 0. The minimum atomic E-state index is -0.546. The predicted molar refractivity (Wildman–Crippen MR) is 59.4 cm³/mol. The van der Waals surface area contributed by atoms with Crippen LogP contribution in [-0.2, 0) is 0 Å². The van der Waals surface area contributed by atoms with Crippen LogP contribution in [0, 0.1) is 0 Å². The molecular weight excluding hydrogens is 192 g/mol. The van der Waals surface area contributed by atoms with Crippen LogP contribution in [0.15, 0.2) is 18.2 Å². The summed E-state index contributed by atoms with van der Waals surface area (Å²) < 4.78 is 0. The summed E-state index contributed by atoms with van der Waals surface area (Å²) in [6, 6.07) is 5.25. The van der Waals surface area contributed by atoms with Gasteiger partial charge in [-0.15, -0.1) is 0 Å². The molecule has 0 saturated heterocycles. The van der Waals surface area contributed by atoms with Crippen LogP contribution in [0.1, 0.15) is 25.5 Å². The molecule has 0 aliphatic heterocycles. The number of anilines is 1. The fourth-order valence-corrected chi connectivity index (χ4v) is 1.32. The Balaban J connectivity index is 2.65. The first-order valence-electron chi connectivity index (χ1n) is 5.10. The van der Waals surface area contributed by atoms with Crippen molar-refractivity contribution in [3.8, 4) is 5.75 Å². The van der Waals surface area contributed by atoms with Crippen molar-refractivity contribution in [1.29, 1.82) is 0 Å². The minimum Gasteiger partial charge on any atom is -0.506 e. The molecule has 0 aromatic heterocycles. The third kappa shape index (κ3) is 3.42. The first-order valence-corrected chi connectivity index (χ1v) is 5.10. The SMILES string of the molecule is CC(C)[NH2+]CC(O)c1ccc(O)c(N)c1. The first-order chi connectivity index (χ1) is 7.00. The second-order valence-electron chi connectivity index (χ2n) is 4.05. The maximum Gasteiger partial charge on any atom is 0.138 e. The zero-order valence-electron chi connectivity index (χ0n) is 9.14. The van der Waals surface area contributed by atoms with Gasteiger partial charge in [-0.25, -0.2) is 0 Å². The number of nitrogen functional groups attached to an aromatic ring is 1. The quantitative estimate of drug-likeness (QED) is 0.417. The minimum absolute atomic E-state index is 0.0544. The summed E-state index contributed by atoms with van der Waals surface area (Å²) in [5.41, 5.74) is 6.58. The molecule has 0 heterocycles. The average Bonchev–Trinajstić information content (AvgIpc) is 2.18. The maximum absolute atomic E-state index is 9.82. The van der Waals surface area contributed by atoms with Crippen molar-refractivity contribution in [3.05, 3.63) is 23.8 Å². The monoisotopic (exact) mass is 211 g/mol. The highest BCUT2D eigenvalue weighted by Gasteiger charge is 2.11. The highest BCUT2D eigenvalue weighted by Crippen LogP contribution is 2.23. The van der Waals surface area contributed by atoms with E-state index in [4.69, 9.17) is 5.73 Å². The van der Waals surface area contributed by atoms with Crippen molar-refractivity contribution in [2.24, 2.45) is 0 Å². The fraction of sp³-hybridized carbons (Fsp3) is 0.455. The van der Waals surface area contributed by atoms with E-state index in [2.05, 4.69) is 13.8 Å². The summed E-state index contributed by atoms with van der Waals surface area (Å²) in [4.78, 5) is 0. The van der Waals surface area contributed by atoms with E-state index in [0.717, 1.165) is 5.56 Å². The summed E-state index contributed by atoms with van der Waals surface area (Å²) in [5, 5.41) is 21.1. The topological polar surface area (TPSA) is 83.1 Å². The Morgan fingerprint density at radius 3 is 2.60 bits per heavy atom. The number of phenols is 1. The number of aliphatic hydroxyl groups excluding tert-OH is 1. The zero-order valence-corrected chi connectivity index (χ0v) is 9.14. The van der Waals surface area contributed by atoms with Crippen molar-refractivity contribution < 1.29 is 15.5 Å². The first kappa shape index (κ1) is 11.8. The normalized spacial score (nSPS) is 13.1. The van der Waals surface area contributed by atoms with Gasteiger partial charge >= 0.3 is 0 Å². The molecule has 4 nitrogen and oxygen atoms in total. The van der Waals surface area contributed by atoms with Gasteiger partial charge in [0.15, 0.2) is 0 Å². The van der Waals surface area contributed by atoms with E-state index >= 15 is 0 Å². The molecule has 4 heteroatoms. The molecule has 84 valence electrons. The van der Waals surface area contributed by atoms with Crippen LogP contribution < -0.4 is 11.1 Å². The number of nitrogens with two attached hydrogens (primary N) is 2. The van der Waals surface area contributed by atoms with Gasteiger partial charge in [0.05, 0.1) is 11.7 Å². The fourth-order valence-electron chi connectivity index (χ4n) is 1.32. The van der Waals surface area contributed by atoms with E-state index in [1.54, 1.807) is 12.1 Å². The Hall–Kier alpha value is -1.26. The standard InChI is InChI=1S/C11H18N2O2/c1-7(2)13-6-11(15)8-3-4-10(14)9(12)5-8/h3-5,7,11,13-15H,6,12H2,1-2H3/p+1. The third-order valence-electron chi connectivity index (χ3n) is 2.27.